The molecule has 0 spiro atoms. The fourth-order valence-electron chi connectivity index (χ4n) is 5.95. The number of carbonyl (C=O) groups is 3. The molecule has 9 nitrogen and oxygen atoms in total. The summed E-state index contributed by atoms with van der Waals surface area (Å²) in [6.07, 6.45) is 3.06. The number of imide groups is 1. The minimum Gasteiger partial charge on any atom is -0.356 e. The zero-order valence-electron chi connectivity index (χ0n) is 20.4. The third-order valence-electron chi connectivity index (χ3n) is 7.78. The van der Waals surface area contributed by atoms with Crippen LogP contribution in [-0.4, -0.2) is 51.5 Å². The van der Waals surface area contributed by atoms with Crippen molar-refractivity contribution in [2.24, 2.45) is 0 Å². The third kappa shape index (κ3) is 3.40. The van der Waals surface area contributed by atoms with Gasteiger partial charge in [0.25, 0.3) is 11.8 Å². The number of hydrogen-bond acceptors (Lipinski definition) is 6. The number of amides is 3. The van der Waals surface area contributed by atoms with Crippen molar-refractivity contribution in [1.29, 1.82) is 0 Å². The summed E-state index contributed by atoms with van der Waals surface area (Å²) < 4.78 is 22.4. The van der Waals surface area contributed by atoms with Gasteiger partial charge in [-0.2, -0.15) is 4.39 Å². The molecule has 3 aliphatic heterocycles. The fraction of sp³-hybridized carbons (Fsp3) is 0.286. The van der Waals surface area contributed by atoms with Crippen LogP contribution in [0, 0.1) is 5.95 Å². The van der Waals surface area contributed by atoms with Crippen LogP contribution in [0.2, 0.25) is 0 Å². The van der Waals surface area contributed by atoms with Crippen molar-refractivity contribution in [3.63, 3.8) is 0 Å². The van der Waals surface area contributed by atoms with E-state index in [0.717, 1.165) is 24.8 Å². The Hall–Kier alpha value is -4.31. The number of carbonyl (C=O) groups excluding carboxylic acids is 3. The van der Waals surface area contributed by atoms with Crippen LogP contribution < -0.4 is 10.6 Å². The molecule has 2 aromatic heterocycles. The molecule has 4 aromatic rings. The zero-order chi connectivity index (χ0) is 26.0. The Kier molecular flexibility index (Phi) is 5.19. The van der Waals surface area contributed by atoms with E-state index >= 15 is 4.39 Å². The van der Waals surface area contributed by atoms with Crippen molar-refractivity contribution in [2.45, 2.75) is 38.4 Å². The number of para-hydroxylation sites is 1. The van der Waals surface area contributed by atoms with Gasteiger partial charge in [0.15, 0.2) is 11.5 Å². The lowest BCUT2D eigenvalue weighted by molar-refractivity contribution is -0.134. The maximum Gasteiger partial charge on any atom is 0.261 e. The molecule has 10 heteroatoms. The molecule has 1 saturated heterocycles. The van der Waals surface area contributed by atoms with Gasteiger partial charge >= 0.3 is 0 Å². The lowest BCUT2D eigenvalue weighted by Crippen LogP contribution is -2.49. The molecule has 0 aliphatic carbocycles. The maximum atomic E-state index is 15.5. The number of nitrogens with one attached hydrogen (secondary N) is 2. The first-order valence-corrected chi connectivity index (χ1v) is 12.8. The number of fused-ring (bicyclic) bond motifs is 1. The summed E-state index contributed by atoms with van der Waals surface area (Å²) in [7, 11) is 0. The Labute approximate surface area is 216 Å². The Morgan fingerprint density at radius 2 is 1.79 bits per heavy atom. The minimum absolute atomic E-state index is 0.0253. The minimum atomic E-state index is -0.584. The highest BCUT2D eigenvalue weighted by atomic mass is 19.1. The molecule has 0 saturated carbocycles. The molecule has 0 bridgehead atoms. The van der Waals surface area contributed by atoms with Crippen molar-refractivity contribution in [3.8, 4) is 0 Å². The van der Waals surface area contributed by atoms with Gasteiger partial charge in [-0.25, -0.2) is 0 Å². The van der Waals surface area contributed by atoms with E-state index in [2.05, 4.69) is 15.8 Å². The zero-order valence-corrected chi connectivity index (χ0v) is 20.4. The molecule has 3 aliphatic rings. The third-order valence-corrected chi connectivity index (χ3v) is 7.78. The van der Waals surface area contributed by atoms with Gasteiger partial charge in [-0.1, -0.05) is 29.4 Å². The molecule has 1 atom stereocenters. The van der Waals surface area contributed by atoms with Crippen molar-refractivity contribution >= 4 is 50.7 Å². The quantitative estimate of drug-likeness (QED) is 0.408. The van der Waals surface area contributed by atoms with Crippen molar-refractivity contribution in [1.82, 2.24) is 25.3 Å². The number of halogens is 1. The lowest BCUT2D eigenvalue weighted by Gasteiger charge is -2.30. The number of aromatic nitrogens is 2. The molecule has 3 amide bonds. The first kappa shape index (κ1) is 22.9. The van der Waals surface area contributed by atoms with Gasteiger partial charge in [0.1, 0.15) is 11.7 Å². The average molecular weight is 514 g/mol. The summed E-state index contributed by atoms with van der Waals surface area (Å²) in [5.41, 5.74) is 2.79. The predicted octanol–water partition coefficient (Wildman–Crippen LogP) is 2.97. The average Bonchev–Trinajstić information content (AvgIpc) is 3.53. The first-order valence-electron chi connectivity index (χ1n) is 12.8. The van der Waals surface area contributed by atoms with Gasteiger partial charge in [-0.05, 0) is 42.5 Å². The van der Waals surface area contributed by atoms with Gasteiger partial charge in [0.2, 0.25) is 5.91 Å². The van der Waals surface area contributed by atoms with Crippen LogP contribution in [0.3, 0.4) is 0 Å². The van der Waals surface area contributed by atoms with Crippen molar-refractivity contribution in [3.05, 3.63) is 65.2 Å². The Morgan fingerprint density at radius 3 is 2.63 bits per heavy atom. The molecule has 2 N–H and O–H groups in total. The van der Waals surface area contributed by atoms with Crippen LogP contribution in [0.15, 0.2) is 47.0 Å². The molecule has 1 fully saturated rings. The highest BCUT2D eigenvalue weighted by Crippen LogP contribution is 2.39. The van der Waals surface area contributed by atoms with Crippen LogP contribution in [-0.2, 0) is 27.5 Å². The topological polar surface area (TPSA) is 109 Å². The van der Waals surface area contributed by atoms with Crippen LogP contribution in [0.5, 0.6) is 0 Å². The summed E-state index contributed by atoms with van der Waals surface area (Å²) in [6, 6.07) is 11.4. The van der Waals surface area contributed by atoms with E-state index in [9.17, 15) is 14.4 Å². The van der Waals surface area contributed by atoms with Crippen molar-refractivity contribution < 1.29 is 23.3 Å². The van der Waals surface area contributed by atoms with Gasteiger partial charge in [-0.3, -0.25) is 19.7 Å². The second-order valence-electron chi connectivity index (χ2n) is 9.99. The number of nitrogens with zero attached hydrogens (tertiary/aromatic N) is 3. The second kappa shape index (κ2) is 8.63. The number of rotatable bonds is 3. The summed E-state index contributed by atoms with van der Waals surface area (Å²) in [6.45, 7) is 1.93. The molecule has 192 valence electrons. The van der Waals surface area contributed by atoms with Crippen LogP contribution in [0.25, 0.3) is 33.0 Å². The summed E-state index contributed by atoms with van der Waals surface area (Å²) in [5, 5.41) is 10.9. The van der Waals surface area contributed by atoms with E-state index in [4.69, 9.17) is 4.52 Å². The highest BCUT2D eigenvalue weighted by molar-refractivity contribution is 6.50. The van der Waals surface area contributed by atoms with E-state index in [1.807, 2.05) is 11.0 Å². The molecule has 1 unspecified atom stereocenters. The first-order chi connectivity index (χ1) is 18.5. The molecular formula is C28H24FN5O4. The van der Waals surface area contributed by atoms with E-state index < -0.39 is 23.8 Å². The summed E-state index contributed by atoms with van der Waals surface area (Å²) >= 11 is 0. The van der Waals surface area contributed by atoms with Gasteiger partial charge in [0, 0.05) is 43.0 Å². The lowest BCUT2D eigenvalue weighted by atomic mass is 9.94. The Morgan fingerprint density at radius 1 is 1.00 bits per heavy atom. The van der Waals surface area contributed by atoms with E-state index in [1.54, 1.807) is 30.3 Å². The predicted molar refractivity (Wildman–Crippen MR) is 137 cm³/mol. The molecule has 2 aromatic carbocycles. The monoisotopic (exact) mass is 513 g/mol. The normalized spacial score (nSPS) is 19.9. The largest absolute Gasteiger partial charge is 0.356 e. The number of piperidine rings is 1. The Bertz CT molecular complexity index is 1690. The van der Waals surface area contributed by atoms with Gasteiger partial charge in [0.05, 0.1) is 16.7 Å². The van der Waals surface area contributed by atoms with E-state index in [1.165, 1.54) is 10.6 Å². The summed E-state index contributed by atoms with van der Waals surface area (Å²) in [5.74, 6) is -1.69. The molecule has 38 heavy (non-hydrogen) atoms. The van der Waals surface area contributed by atoms with Crippen molar-refractivity contribution in [2.75, 3.05) is 13.1 Å². The fourth-order valence-corrected chi connectivity index (χ4v) is 5.95. The van der Waals surface area contributed by atoms with E-state index in [-0.39, 0.29) is 29.3 Å². The number of likely N-dealkylation sites (tertiary alicyclic amines) is 1. The molecule has 7 rings (SSSR count). The smallest absolute Gasteiger partial charge is 0.261 e. The molecule has 0 radical (unpaired) electrons. The standard InChI is InChI=1S/C28H24FN5O4/c29-21-12-18-16(22-23(27(36)31-26(22)35)24-17-6-2-3-7-20(17)38-32-24)9-8-15-13-30-19(14-34(21)25(15)18)28(37)33-10-4-1-5-11-33/h2-3,6-9,12,19,30H,1,4-5,10-11,13-14H2,(H,31,35,36). The Balaban J connectivity index is 1.37. The van der Waals surface area contributed by atoms with Gasteiger partial charge < -0.3 is 19.3 Å². The maximum absolute atomic E-state index is 15.5. The van der Waals surface area contributed by atoms with Crippen LogP contribution >= 0.6 is 0 Å². The number of hydrogen-bond donors (Lipinski definition) is 2. The second-order valence-corrected chi connectivity index (χ2v) is 9.99. The SMILES string of the molecule is O=C1NC(=O)C(c2ccc3c4c2cc(F)n4CC(C(=O)N2CCCCC2)NC3)=C1c1noc2ccccc12. The number of benzene rings is 2. The summed E-state index contributed by atoms with van der Waals surface area (Å²) in [4.78, 5) is 41.2. The van der Waals surface area contributed by atoms with E-state index in [0.29, 0.717) is 47.1 Å². The molecule has 5 heterocycles. The van der Waals surface area contributed by atoms with Crippen LogP contribution in [0.4, 0.5) is 4.39 Å². The van der Waals surface area contributed by atoms with Crippen LogP contribution in [0.1, 0.15) is 36.1 Å². The molecular weight excluding hydrogens is 489 g/mol. The highest BCUT2D eigenvalue weighted by Gasteiger charge is 2.37. The van der Waals surface area contributed by atoms with Gasteiger partial charge in [-0.15, -0.1) is 0 Å².